The molecule has 0 saturated carbocycles. The monoisotopic (exact) mass is 332 g/mol. The molecule has 0 aromatic carbocycles. The Morgan fingerprint density at radius 2 is 2.09 bits per heavy atom. The third kappa shape index (κ3) is 3.07. The fraction of sp³-hybridized carbons (Fsp3) is 0.375. The smallest absolute Gasteiger partial charge is 0.245 e. The molecular weight excluding hydrogens is 312 g/mol. The molecule has 6 nitrogen and oxygen atoms in total. The molecule has 0 bridgehead atoms. The van der Waals surface area contributed by atoms with Crippen molar-refractivity contribution in [2.24, 2.45) is 0 Å². The molecule has 2 aromatic rings. The number of anilines is 1. The van der Waals surface area contributed by atoms with Crippen LogP contribution in [-0.2, 0) is 10.0 Å². The van der Waals surface area contributed by atoms with Crippen LogP contribution in [0.15, 0.2) is 47.8 Å². The van der Waals surface area contributed by atoms with E-state index in [1.807, 2.05) is 31.1 Å². The Balaban J connectivity index is 1.96. The number of sulfonamides is 1. The van der Waals surface area contributed by atoms with Gasteiger partial charge in [0.2, 0.25) is 10.0 Å². The summed E-state index contributed by atoms with van der Waals surface area (Å²) in [7, 11) is 0.311. The largest absolute Gasteiger partial charge is 0.363 e. The van der Waals surface area contributed by atoms with Gasteiger partial charge in [-0.3, -0.25) is 4.98 Å². The molecule has 3 heterocycles. The summed E-state index contributed by atoms with van der Waals surface area (Å²) in [5.41, 5.74) is 0.980. The van der Waals surface area contributed by atoms with E-state index in [-0.39, 0.29) is 10.9 Å². The van der Waals surface area contributed by atoms with Gasteiger partial charge in [-0.2, -0.15) is 4.31 Å². The highest BCUT2D eigenvalue weighted by atomic mass is 32.2. The van der Waals surface area contributed by atoms with Crippen molar-refractivity contribution in [2.75, 3.05) is 25.5 Å². The van der Waals surface area contributed by atoms with Crippen molar-refractivity contribution in [1.82, 2.24) is 14.3 Å². The summed E-state index contributed by atoms with van der Waals surface area (Å²) >= 11 is 0. The van der Waals surface area contributed by atoms with Crippen LogP contribution in [0, 0.1) is 0 Å². The molecule has 7 heteroatoms. The van der Waals surface area contributed by atoms with Crippen molar-refractivity contribution in [2.45, 2.75) is 23.8 Å². The molecule has 1 aliphatic heterocycles. The third-order valence-electron chi connectivity index (χ3n) is 4.06. The minimum Gasteiger partial charge on any atom is -0.363 e. The van der Waals surface area contributed by atoms with Gasteiger partial charge in [0.25, 0.3) is 0 Å². The normalized spacial score (nSPS) is 19.0. The molecule has 1 unspecified atom stereocenters. The second-order valence-electron chi connectivity index (χ2n) is 5.80. The van der Waals surface area contributed by atoms with Crippen LogP contribution in [0.2, 0.25) is 0 Å². The number of hydrogen-bond acceptors (Lipinski definition) is 5. The summed E-state index contributed by atoms with van der Waals surface area (Å²) in [6, 6.07) is 6.95. The molecule has 2 aromatic heterocycles. The lowest BCUT2D eigenvalue weighted by Gasteiger charge is -2.25. The van der Waals surface area contributed by atoms with Gasteiger partial charge in [0.15, 0.2) is 0 Å². The van der Waals surface area contributed by atoms with Crippen LogP contribution < -0.4 is 4.90 Å². The average Bonchev–Trinajstić information content (AvgIpc) is 3.06. The van der Waals surface area contributed by atoms with Crippen molar-refractivity contribution in [3.8, 4) is 0 Å². The van der Waals surface area contributed by atoms with E-state index in [0.717, 1.165) is 24.2 Å². The van der Waals surface area contributed by atoms with Crippen LogP contribution in [0.5, 0.6) is 0 Å². The first-order valence-electron chi connectivity index (χ1n) is 7.55. The van der Waals surface area contributed by atoms with Gasteiger partial charge in [-0.05, 0) is 42.7 Å². The van der Waals surface area contributed by atoms with Crippen molar-refractivity contribution < 1.29 is 8.42 Å². The Hall–Kier alpha value is -1.99. The maximum absolute atomic E-state index is 12.9. The number of rotatable bonds is 4. The quantitative estimate of drug-likeness (QED) is 0.857. The average molecular weight is 332 g/mol. The van der Waals surface area contributed by atoms with Gasteiger partial charge in [0.1, 0.15) is 10.7 Å². The van der Waals surface area contributed by atoms with E-state index in [9.17, 15) is 8.42 Å². The summed E-state index contributed by atoms with van der Waals surface area (Å²) in [6.07, 6.45) is 6.38. The molecule has 3 rings (SSSR count). The lowest BCUT2D eigenvalue weighted by atomic mass is 10.1. The second-order valence-corrected chi connectivity index (χ2v) is 7.69. The van der Waals surface area contributed by atoms with Crippen LogP contribution in [0.4, 0.5) is 5.82 Å². The maximum atomic E-state index is 12.9. The van der Waals surface area contributed by atoms with E-state index >= 15 is 0 Å². The Morgan fingerprint density at radius 1 is 1.26 bits per heavy atom. The molecule has 0 amide bonds. The SMILES string of the molecule is CN(C)c1cc(C2CCCN2S(=O)(=O)c2cccnc2)ccn1. The molecule has 0 aliphatic carbocycles. The Bertz CT molecular complexity index is 778. The summed E-state index contributed by atoms with van der Waals surface area (Å²) in [6.45, 7) is 0.529. The van der Waals surface area contributed by atoms with Gasteiger partial charge in [0.05, 0.1) is 6.04 Å². The first-order chi connectivity index (χ1) is 11.0. The van der Waals surface area contributed by atoms with Crippen LogP contribution in [-0.4, -0.2) is 43.3 Å². The summed E-state index contributed by atoms with van der Waals surface area (Å²) in [5.74, 6) is 0.827. The second kappa shape index (κ2) is 6.25. The predicted molar refractivity (Wildman–Crippen MR) is 88.7 cm³/mol. The lowest BCUT2D eigenvalue weighted by molar-refractivity contribution is 0.396. The lowest BCUT2D eigenvalue weighted by Crippen LogP contribution is -2.30. The Kier molecular flexibility index (Phi) is 4.32. The van der Waals surface area contributed by atoms with Crippen LogP contribution in [0.25, 0.3) is 0 Å². The Morgan fingerprint density at radius 3 is 2.78 bits per heavy atom. The standard InChI is InChI=1S/C16H20N4O2S/c1-19(2)16-11-13(7-9-18-16)15-6-4-10-20(15)23(21,22)14-5-3-8-17-12-14/h3,5,7-9,11-12,15H,4,6,10H2,1-2H3. The number of aromatic nitrogens is 2. The zero-order chi connectivity index (χ0) is 16.4. The summed E-state index contributed by atoms with van der Waals surface area (Å²) < 4.78 is 27.4. The molecule has 0 radical (unpaired) electrons. The molecule has 1 fully saturated rings. The minimum absolute atomic E-state index is 0.151. The number of pyridine rings is 2. The maximum Gasteiger partial charge on any atom is 0.245 e. The summed E-state index contributed by atoms with van der Waals surface area (Å²) in [4.78, 5) is 10.4. The van der Waals surface area contributed by atoms with Gasteiger partial charge >= 0.3 is 0 Å². The number of hydrogen-bond donors (Lipinski definition) is 0. The zero-order valence-corrected chi connectivity index (χ0v) is 14.1. The van der Waals surface area contributed by atoms with Crippen molar-refractivity contribution in [3.05, 3.63) is 48.4 Å². The minimum atomic E-state index is -3.53. The molecule has 0 spiro atoms. The molecule has 0 N–H and O–H groups in total. The van der Waals surface area contributed by atoms with Gasteiger partial charge in [-0.1, -0.05) is 0 Å². The Labute approximate surface area is 136 Å². The van der Waals surface area contributed by atoms with Crippen molar-refractivity contribution >= 4 is 15.8 Å². The van der Waals surface area contributed by atoms with Gasteiger partial charge < -0.3 is 4.90 Å². The highest BCUT2D eigenvalue weighted by Gasteiger charge is 2.36. The van der Waals surface area contributed by atoms with Gasteiger partial charge in [-0.25, -0.2) is 13.4 Å². The first-order valence-corrected chi connectivity index (χ1v) is 8.99. The van der Waals surface area contributed by atoms with E-state index < -0.39 is 10.0 Å². The molecule has 1 saturated heterocycles. The predicted octanol–water partition coefficient (Wildman–Crippen LogP) is 2.07. The van der Waals surface area contributed by atoms with Crippen LogP contribution >= 0.6 is 0 Å². The van der Waals surface area contributed by atoms with Crippen molar-refractivity contribution in [1.29, 1.82) is 0 Å². The van der Waals surface area contributed by atoms with Gasteiger partial charge in [-0.15, -0.1) is 0 Å². The zero-order valence-electron chi connectivity index (χ0n) is 13.3. The van der Waals surface area contributed by atoms with E-state index in [2.05, 4.69) is 9.97 Å². The highest BCUT2D eigenvalue weighted by molar-refractivity contribution is 7.89. The van der Waals surface area contributed by atoms with Gasteiger partial charge in [0, 0.05) is 39.2 Å². The van der Waals surface area contributed by atoms with Crippen LogP contribution in [0.3, 0.4) is 0 Å². The van der Waals surface area contributed by atoms with E-state index in [1.54, 1.807) is 28.8 Å². The molecule has 23 heavy (non-hydrogen) atoms. The van der Waals surface area contributed by atoms with E-state index in [1.165, 1.54) is 6.20 Å². The molecular formula is C16H20N4O2S. The fourth-order valence-electron chi connectivity index (χ4n) is 2.88. The fourth-order valence-corrected chi connectivity index (χ4v) is 4.53. The molecule has 1 aliphatic rings. The highest BCUT2D eigenvalue weighted by Crippen LogP contribution is 2.36. The third-order valence-corrected chi connectivity index (χ3v) is 5.95. The molecule has 1 atom stereocenters. The van der Waals surface area contributed by atoms with Crippen molar-refractivity contribution in [3.63, 3.8) is 0 Å². The van der Waals surface area contributed by atoms with E-state index in [4.69, 9.17) is 0 Å². The first kappa shape index (κ1) is 15.9. The topological polar surface area (TPSA) is 66.4 Å². The summed E-state index contributed by atoms with van der Waals surface area (Å²) in [5, 5.41) is 0. The van der Waals surface area contributed by atoms with Crippen LogP contribution in [0.1, 0.15) is 24.4 Å². The number of nitrogens with zero attached hydrogens (tertiary/aromatic N) is 4. The molecule has 122 valence electrons. The van der Waals surface area contributed by atoms with E-state index in [0.29, 0.717) is 6.54 Å².